The molecule has 1 atom stereocenters. The Morgan fingerprint density at radius 1 is 1.19 bits per heavy atom. The van der Waals surface area contributed by atoms with Crippen LogP contribution in [0.2, 0.25) is 0 Å². The molecule has 1 rings (SSSR count). The summed E-state index contributed by atoms with van der Waals surface area (Å²) in [6, 6.07) is 4.61. The molecule has 0 heterocycles. The first kappa shape index (κ1) is 13.0. The number of nitrogens with two attached hydrogens (primary N) is 1. The predicted octanol–water partition coefficient (Wildman–Crippen LogP) is 3.45. The number of halogens is 3. The van der Waals surface area contributed by atoms with Crippen molar-refractivity contribution in [3.8, 4) is 0 Å². The molecule has 90 valence electrons. The summed E-state index contributed by atoms with van der Waals surface area (Å²) in [5, 5.41) is 0. The second-order valence-corrected chi connectivity index (χ2v) is 4.32. The minimum atomic E-state index is -4.38. The van der Waals surface area contributed by atoms with Crippen molar-refractivity contribution in [1.82, 2.24) is 0 Å². The third-order valence-electron chi connectivity index (χ3n) is 2.37. The molecule has 0 radical (unpaired) electrons. The largest absolute Gasteiger partial charge is 0.407 e. The van der Waals surface area contributed by atoms with Gasteiger partial charge < -0.3 is 5.73 Å². The molecule has 1 nitrogen and oxygen atoms in total. The van der Waals surface area contributed by atoms with Crippen molar-refractivity contribution in [2.75, 3.05) is 0 Å². The quantitative estimate of drug-likeness (QED) is 0.847. The van der Waals surface area contributed by atoms with Crippen LogP contribution in [0.1, 0.15) is 31.0 Å². The van der Waals surface area contributed by atoms with E-state index in [-0.39, 0.29) is 5.56 Å². The van der Waals surface area contributed by atoms with E-state index in [9.17, 15) is 13.2 Å². The Hall–Kier alpha value is -1.03. The van der Waals surface area contributed by atoms with E-state index < -0.39 is 12.2 Å². The summed E-state index contributed by atoms with van der Waals surface area (Å²) >= 11 is 0. The zero-order valence-electron chi connectivity index (χ0n) is 9.38. The van der Waals surface area contributed by atoms with E-state index in [0.29, 0.717) is 17.9 Å². The lowest BCUT2D eigenvalue weighted by molar-refractivity contribution is -0.149. The average molecular weight is 231 g/mol. The van der Waals surface area contributed by atoms with E-state index in [2.05, 4.69) is 0 Å². The summed E-state index contributed by atoms with van der Waals surface area (Å²) in [6.07, 6.45) is -3.77. The second kappa shape index (κ2) is 4.87. The van der Waals surface area contributed by atoms with Crippen molar-refractivity contribution >= 4 is 0 Å². The maximum absolute atomic E-state index is 12.5. The first-order valence-corrected chi connectivity index (χ1v) is 5.22. The molecule has 0 unspecified atom stereocenters. The fourth-order valence-electron chi connectivity index (χ4n) is 1.64. The van der Waals surface area contributed by atoms with Crippen LogP contribution < -0.4 is 5.73 Å². The maximum Gasteiger partial charge on any atom is 0.407 e. The normalized spacial score (nSPS) is 14.2. The van der Waals surface area contributed by atoms with E-state index in [0.717, 1.165) is 0 Å². The summed E-state index contributed by atoms with van der Waals surface area (Å²) in [4.78, 5) is 0. The van der Waals surface area contributed by atoms with Gasteiger partial charge in [-0.25, -0.2) is 0 Å². The van der Waals surface area contributed by atoms with Gasteiger partial charge in [0.2, 0.25) is 0 Å². The molecule has 4 heteroatoms. The van der Waals surface area contributed by atoms with E-state index in [1.54, 1.807) is 18.2 Å². The molecule has 2 N–H and O–H groups in total. The van der Waals surface area contributed by atoms with Crippen LogP contribution >= 0.6 is 0 Å². The summed E-state index contributed by atoms with van der Waals surface area (Å²) in [5.74, 6) is 0.307. The Bertz CT molecular complexity index is 344. The zero-order chi connectivity index (χ0) is 12.3. The SMILES string of the molecule is CC(C)Cc1ccccc1[C@H](N)C(F)(F)F. The van der Waals surface area contributed by atoms with Crippen LogP contribution in [0.25, 0.3) is 0 Å². The smallest absolute Gasteiger partial charge is 0.316 e. The van der Waals surface area contributed by atoms with E-state index >= 15 is 0 Å². The molecular weight excluding hydrogens is 215 g/mol. The van der Waals surface area contributed by atoms with Gasteiger partial charge >= 0.3 is 6.18 Å². The van der Waals surface area contributed by atoms with Gasteiger partial charge in [-0.1, -0.05) is 38.1 Å². The Labute approximate surface area is 93.5 Å². The topological polar surface area (TPSA) is 26.0 Å². The summed E-state index contributed by atoms with van der Waals surface area (Å²) < 4.78 is 37.6. The van der Waals surface area contributed by atoms with Crippen molar-refractivity contribution in [1.29, 1.82) is 0 Å². The molecule has 0 saturated heterocycles. The third kappa shape index (κ3) is 3.23. The van der Waals surface area contributed by atoms with Crippen LogP contribution in [-0.4, -0.2) is 6.18 Å². The lowest BCUT2D eigenvalue weighted by atomic mass is 9.94. The Morgan fingerprint density at radius 2 is 1.75 bits per heavy atom. The van der Waals surface area contributed by atoms with Crippen LogP contribution in [0.5, 0.6) is 0 Å². The molecular formula is C12H16F3N. The van der Waals surface area contributed by atoms with Crippen molar-refractivity contribution in [3.05, 3.63) is 35.4 Å². The Morgan fingerprint density at radius 3 is 2.25 bits per heavy atom. The van der Waals surface area contributed by atoms with Gasteiger partial charge in [0.25, 0.3) is 0 Å². The molecule has 0 saturated carbocycles. The average Bonchev–Trinajstić information content (AvgIpc) is 2.15. The van der Waals surface area contributed by atoms with Crippen molar-refractivity contribution in [2.24, 2.45) is 11.7 Å². The first-order chi connectivity index (χ1) is 7.32. The lowest BCUT2D eigenvalue weighted by Crippen LogP contribution is -2.29. The standard InChI is InChI=1S/C12H16F3N/c1-8(2)7-9-5-3-4-6-10(9)11(16)12(13,14)15/h3-6,8,11H,7,16H2,1-2H3/t11-/m0/s1. The van der Waals surface area contributed by atoms with Gasteiger partial charge in [0.1, 0.15) is 6.04 Å². The molecule has 0 aliphatic heterocycles. The van der Waals surface area contributed by atoms with Crippen molar-refractivity contribution in [3.63, 3.8) is 0 Å². The fourth-order valence-corrected chi connectivity index (χ4v) is 1.64. The highest BCUT2D eigenvalue weighted by atomic mass is 19.4. The predicted molar refractivity (Wildman–Crippen MR) is 58.0 cm³/mol. The van der Waals surface area contributed by atoms with E-state index in [1.807, 2.05) is 13.8 Å². The number of rotatable bonds is 3. The molecule has 0 aromatic heterocycles. The maximum atomic E-state index is 12.5. The van der Waals surface area contributed by atoms with Crippen LogP contribution in [0, 0.1) is 5.92 Å². The first-order valence-electron chi connectivity index (χ1n) is 5.22. The molecule has 0 fully saturated rings. The minimum Gasteiger partial charge on any atom is -0.316 e. The van der Waals surface area contributed by atoms with Gasteiger partial charge in [0.05, 0.1) is 0 Å². The Kier molecular flexibility index (Phi) is 3.97. The van der Waals surface area contributed by atoms with Gasteiger partial charge in [0.15, 0.2) is 0 Å². The highest BCUT2D eigenvalue weighted by Crippen LogP contribution is 2.32. The summed E-state index contributed by atoms with van der Waals surface area (Å²) in [6.45, 7) is 3.94. The van der Waals surface area contributed by atoms with Gasteiger partial charge in [-0.15, -0.1) is 0 Å². The van der Waals surface area contributed by atoms with E-state index in [1.165, 1.54) is 6.07 Å². The zero-order valence-corrected chi connectivity index (χ0v) is 9.38. The van der Waals surface area contributed by atoms with E-state index in [4.69, 9.17) is 5.73 Å². The van der Waals surface area contributed by atoms with Crippen LogP contribution in [0.3, 0.4) is 0 Å². The van der Waals surface area contributed by atoms with Gasteiger partial charge in [0, 0.05) is 0 Å². The minimum absolute atomic E-state index is 0.184. The number of hydrogen-bond acceptors (Lipinski definition) is 1. The summed E-state index contributed by atoms with van der Waals surface area (Å²) in [5.41, 5.74) is 6.09. The van der Waals surface area contributed by atoms with Crippen LogP contribution in [0.4, 0.5) is 13.2 Å². The van der Waals surface area contributed by atoms with Crippen LogP contribution in [0.15, 0.2) is 24.3 Å². The van der Waals surface area contributed by atoms with Crippen molar-refractivity contribution in [2.45, 2.75) is 32.5 Å². The number of alkyl halides is 3. The highest BCUT2D eigenvalue weighted by molar-refractivity contribution is 5.31. The fraction of sp³-hybridized carbons (Fsp3) is 0.500. The molecule has 0 amide bonds. The monoisotopic (exact) mass is 231 g/mol. The lowest BCUT2D eigenvalue weighted by Gasteiger charge is -2.20. The molecule has 0 bridgehead atoms. The van der Waals surface area contributed by atoms with Gasteiger partial charge in [-0.05, 0) is 23.5 Å². The van der Waals surface area contributed by atoms with Crippen LogP contribution in [-0.2, 0) is 6.42 Å². The van der Waals surface area contributed by atoms with Gasteiger partial charge in [-0.2, -0.15) is 13.2 Å². The molecule has 16 heavy (non-hydrogen) atoms. The number of benzene rings is 1. The summed E-state index contributed by atoms with van der Waals surface area (Å²) in [7, 11) is 0. The molecule has 1 aromatic carbocycles. The highest BCUT2D eigenvalue weighted by Gasteiger charge is 2.38. The third-order valence-corrected chi connectivity index (χ3v) is 2.37. The van der Waals surface area contributed by atoms with Crippen molar-refractivity contribution < 1.29 is 13.2 Å². The van der Waals surface area contributed by atoms with Gasteiger partial charge in [-0.3, -0.25) is 0 Å². The number of hydrogen-bond donors (Lipinski definition) is 1. The molecule has 0 spiro atoms. The molecule has 0 aliphatic rings. The molecule has 1 aromatic rings. The second-order valence-electron chi connectivity index (χ2n) is 4.32. The Balaban J connectivity index is 3.03. The molecule has 0 aliphatic carbocycles.